The molecule has 1 N–H and O–H groups in total. The summed E-state index contributed by atoms with van der Waals surface area (Å²) in [5.41, 5.74) is 4.08. The standard InChI is InChI=1S/C27H25O2P/c1-2-21-13-15-22(16-14-21)23-17-18-27(28)24(19-23)20-30(29,25-9-5-3-6-10-25)26-11-7-4-8-12-26/h3-19,28H,2,20H2,1H3. The summed E-state index contributed by atoms with van der Waals surface area (Å²) in [6, 6.07) is 33.2. The van der Waals surface area contributed by atoms with Gasteiger partial charge < -0.3 is 9.67 Å². The minimum absolute atomic E-state index is 0.177. The summed E-state index contributed by atoms with van der Waals surface area (Å²) in [6.07, 6.45) is 1.27. The molecule has 0 heterocycles. The Morgan fingerprint density at radius 1 is 0.700 bits per heavy atom. The Kier molecular flexibility index (Phi) is 5.88. The first-order valence-corrected chi connectivity index (χ1v) is 12.1. The van der Waals surface area contributed by atoms with Gasteiger partial charge in [-0.15, -0.1) is 0 Å². The number of phenols is 1. The number of rotatable bonds is 6. The first-order valence-electron chi connectivity index (χ1n) is 10.2. The molecule has 0 aliphatic rings. The summed E-state index contributed by atoms with van der Waals surface area (Å²) < 4.78 is 14.4. The molecule has 0 unspecified atom stereocenters. The van der Waals surface area contributed by atoms with E-state index in [4.69, 9.17) is 0 Å². The molecule has 0 saturated heterocycles. The molecule has 0 atom stereocenters. The minimum Gasteiger partial charge on any atom is -0.508 e. The third-order valence-corrected chi connectivity index (χ3v) is 8.57. The van der Waals surface area contributed by atoms with Gasteiger partial charge in [0.2, 0.25) is 0 Å². The number of phenolic OH excluding ortho intramolecular Hbond substituents is 1. The van der Waals surface area contributed by atoms with Crippen molar-refractivity contribution in [2.75, 3.05) is 0 Å². The lowest BCUT2D eigenvalue weighted by Crippen LogP contribution is -2.17. The summed E-state index contributed by atoms with van der Waals surface area (Å²) in [6.45, 7) is 2.14. The van der Waals surface area contributed by atoms with Crippen molar-refractivity contribution >= 4 is 17.8 Å². The van der Waals surface area contributed by atoms with Gasteiger partial charge in [-0.3, -0.25) is 0 Å². The van der Waals surface area contributed by atoms with Crippen LogP contribution in [0.25, 0.3) is 11.1 Å². The van der Waals surface area contributed by atoms with Gasteiger partial charge in [-0.25, -0.2) is 0 Å². The highest BCUT2D eigenvalue weighted by Crippen LogP contribution is 2.48. The van der Waals surface area contributed by atoms with Crippen LogP contribution in [-0.2, 0) is 17.1 Å². The SMILES string of the molecule is CCc1ccc(-c2ccc(O)c(CP(=O)(c3ccccc3)c3ccccc3)c2)cc1. The van der Waals surface area contributed by atoms with Crippen molar-refractivity contribution in [3.8, 4) is 16.9 Å². The summed E-state index contributed by atoms with van der Waals surface area (Å²) in [5, 5.41) is 12.2. The van der Waals surface area contributed by atoms with E-state index >= 15 is 0 Å². The lowest BCUT2D eigenvalue weighted by atomic mass is 10.0. The molecule has 0 saturated carbocycles. The number of benzene rings is 4. The number of hydrogen-bond acceptors (Lipinski definition) is 2. The van der Waals surface area contributed by atoms with Crippen molar-refractivity contribution in [1.82, 2.24) is 0 Å². The van der Waals surface area contributed by atoms with Crippen molar-refractivity contribution in [1.29, 1.82) is 0 Å². The topological polar surface area (TPSA) is 37.3 Å². The third kappa shape index (κ3) is 4.10. The minimum atomic E-state index is -2.96. The molecular weight excluding hydrogens is 387 g/mol. The van der Waals surface area contributed by atoms with E-state index < -0.39 is 7.14 Å². The Balaban J connectivity index is 1.77. The number of hydrogen-bond donors (Lipinski definition) is 1. The second kappa shape index (κ2) is 8.73. The lowest BCUT2D eigenvalue weighted by Gasteiger charge is -2.20. The van der Waals surface area contributed by atoms with Crippen molar-refractivity contribution < 1.29 is 9.67 Å². The highest BCUT2D eigenvalue weighted by molar-refractivity contribution is 7.78. The van der Waals surface area contributed by atoms with Gasteiger partial charge in [0.1, 0.15) is 12.9 Å². The van der Waals surface area contributed by atoms with Crippen molar-refractivity contribution in [3.63, 3.8) is 0 Å². The number of aromatic hydroxyl groups is 1. The normalized spacial score (nSPS) is 11.4. The maximum Gasteiger partial charge on any atom is 0.147 e. The molecule has 150 valence electrons. The molecule has 30 heavy (non-hydrogen) atoms. The highest BCUT2D eigenvalue weighted by atomic mass is 31.2. The van der Waals surface area contributed by atoms with Gasteiger partial charge in [0.25, 0.3) is 0 Å². The van der Waals surface area contributed by atoms with Crippen LogP contribution in [-0.4, -0.2) is 5.11 Å². The van der Waals surface area contributed by atoms with Crippen molar-refractivity contribution in [3.05, 3.63) is 114 Å². The van der Waals surface area contributed by atoms with E-state index in [-0.39, 0.29) is 11.9 Å². The van der Waals surface area contributed by atoms with E-state index in [1.54, 1.807) is 6.07 Å². The fraction of sp³-hybridized carbons (Fsp3) is 0.111. The molecule has 4 aromatic rings. The van der Waals surface area contributed by atoms with E-state index in [2.05, 4.69) is 31.2 Å². The molecule has 3 heteroatoms. The summed E-state index contributed by atoms with van der Waals surface area (Å²) in [4.78, 5) is 0. The van der Waals surface area contributed by atoms with Crippen LogP contribution in [0.4, 0.5) is 0 Å². The van der Waals surface area contributed by atoms with Crippen LogP contribution < -0.4 is 10.6 Å². The Morgan fingerprint density at radius 3 is 1.77 bits per heavy atom. The van der Waals surface area contributed by atoms with Gasteiger partial charge in [-0.1, -0.05) is 97.9 Å². The van der Waals surface area contributed by atoms with Crippen LogP contribution in [0.2, 0.25) is 0 Å². The van der Waals surface area contributed by atoms with Crippen LogP contribution in [0, 0.1) is 0 Å². The lowest BCUT2D eigenvalue weighted by molar-refractivity contribution is 0.470. The molecule has 0 aliphatic carbocycles. The molecule has 0 aromatic heterocycles. The van der Waals surface area contributed by atoms with Crippen LogP contribution in [0.3, 0.4) is 0 Å². The maximum absolute atomic E-state index is 14.4. The van der Waals surface area contributed by atoms with E-state index in [0.717, 1.165) is 28.2 Å². The van der Waals surface area contributed by atoms with Crippen molar-refractivity contribution in [2.24, 2.45) is 0 Å². The quantitative estimate of drug-likeness (QED) is 0.387. The summed E-state index contributed by atoms with van der Waals surface area (Å²) in [5.74, 6) is 0.177. The first-order chi connectivity index (χ1) is 14.6. The highest BCUT2D eigenvalue weighted by Gasteiger charge is 2.28. The molecule has 0 fully saturated rings. The average molecular weight is 412 g/mol. The molecular formula is C27H25O2P. The molecule has 0 radical (unpaired) electrons. The van der Waals surface area contributed by atoms with Crippen molar-refractivity contribution in [2.45, 2.75) is 19.5 Å². The van der Waals surface area contributed by atoms with Gasteiger partial charge >= 0.3 is 0 Å². The molecule has 0 spiro atoms. The molecule has 4 aromatic carbocycles. The van der Waals surface area contributed by atoms with E-state index in [1.165, 1.54) is 5.56 Å². The first kappa shape index (κ1) is 20.2. The number of aryl methyl sites for hydroxylation is 1. The summed E-state index contributed by atoms with van der Waals surface area (Å²) >= 11 is 0. The second-order valence-corrected chi connectivity index (χ2v) is 10.3. The zero-order valence-electron chi connectivity index (χ0n) is 17.0. The van der Waals surface area contributed by atoms with Gasteiger partial charge in [-0.2, -0.15) is 0 Å². The van der Waals surface area contributed by atoms with Gasteiger partial charge in [0.15, 0.2) is 0 Å². The van der Waals surface area contributed by atoms with E-state index in [1.807, 2.05) is 72.8 Å². The smallest absolute Gasteiger partial charge is 0.147 e. The Hall–Kier alpha value is -3.09. The largest absolute Gasteiger partial charge is 0.508 e. The zero-order valence-corrected chi connectivity index (χ0v) is 17.9. The summed E-state index contributed by atoms with van der Waals surface area (Å²) in [7, 11) is -2.96. The molecule has 0 amide bonds. The zero-order chi connectivity index (χ0) is 21.0. The molecule has 0 bridgehead atoms. The predicted molar refractivity (Wildman–Crippen MR) is 126 cm³/mol. The van der Waals surface area contributed by atoms with Crippen LogP contribution in [0.15, 0.2) is 103 Å². The fourth-order valence-electron chi connectivity index (χ4n) is 3.73. The average Bonchev–Trinajstić information content (AvgIpc) is 2.81. The molecule has 4 rings (SSSR count). The van der Waals surface area contributed by atoms with Gasteiger partial charge in [-0.05, 0) is 35.2 Å². The van der Waals surface area contributed by atoms with Crippen LogP contribution >= 0.6 is 7.14 Å². The van der Waals surface area contributed by atoms with Gasteiger partial charge in [0, 0.05) is 22.3 Å². The van der Waals surface area contributed by atoms with Crippen LogP contribution in [0.5, 0.6) is 5.75 Å². The van der Waals surface area contributed by atoms with Crippen LogP contribution in [0.1, 0.15) is 18.1 Å². The monoisotopic (exact) mass is 412 g/mol. The Bertz CT molecular complexity index is 1120. The fourth-order valence-corrected chi connectivity index (χ4v) is 6.44. The van der Waals surface area contributed by atoms with E-state index in [9.17, 15) is 9.67 Å². The third-order valence-electron chi connectivity index (χ3n) is 5.51. The van der Waals surface area contributed by atoms with Gasteiger partial charge in [0.05, 0.1) is 0 Å². The second-order valence-electron chi connectivity index (χ2n) is 7.46. The molecule has 0 aliphatic heterocycles. The predicted octanol–water partition coefficient (Wildman–Crippen LogP) is 6.14. The maximum atomic E-state index is 14.4. The Morgan fingerprint density at radius 2 is 1.23 bits per heavy atom. The van der Waals surface area contributed by atoms with E-state index in [0.29, 0.717) is 5.56 Å². The molecule has 2 nitrogen and oxygen atoms in total. The Labute approximate surface area is 178 Å².